The van der Waals surface area contributed by atoms with E-state index >= 15 is 0 Å². The Morgan fingerprint density at radius 1 is 0.895 bits per heavy atom. The van der Waals surface area contributed by atoms with E-state index in [-0.39, 0.29) is 29.1 Å². The highest BCUT2D eigenvalue weighted by Gasteiger charge is 2.10. The molecule has 3 aromatic carbocycles. The topological polar surface area (TPSA) is 107 Å². The fourth-order valence-corrected chi connectivity index (χ4v) is 4.24. The zero-order valence-corrected chi connectivity index (χ0v) is 22.0. The molecule has 0 aliphatic rings. The minimum atomic E-state index is -0.248. The van der Waals surface area contributed by atoms with Gasteiger partial charge in [-0.2, -0.15) is 0 Å². The number of ketones is 1. The number of aromatic hydroxyl groups is 3. The van der Waals surface area contributed by atoms with Crippen LogP contribution < -0.4 is 4.74 Å². The predicted molar refractivity (Wildman–Crippen MR) is 150 cm³/mol. The molecule has 1 unspecified atom stereocenters. The van der Waals surface area contributed by atoms with E-state index in [4.69, 9.17) is 4.74 Å². The summed E-state index contributed by atoms with van der Waals surface area (Å²) in [5.41, 5.74) is 3.59. The van der Waals surface area contributed by atoms with Gasteiger partial charge in [-0.25, -0.2) is 0 Å². The lowest BCUT2D eigenvalue weighted by molar-refractivity contribution is -0.114. The van der Waals surface area contributed by atoms with Crippen LogP contribution in [0.2, 0.25) is 0 Å². The average Bonchev–Trinajstić information content (AvgIpc) is 2.89. The van der Waals surface area contributed by atoms with Crippen LogP contribution in [0.5, 0.6) is 23.0 Å². The minimum Gasteiger partial charge on any atom is -0.508 e. The summed E-state index contributed by atoms with van der Waals surface area (Å²) in [6.07, 6.45) is 9.53. The number of benzene rings is 3. The number of carbonyl (C=O) groups is 1. The van der Waals surface area contributed by atoms with Crippen molar-refractivity contribution >= 4 is 5.78 Å². The quantitative estimate of drug-likeness (QED) is 0.135. The average molecular weight is 519 g/mol. The third-order valence-corrected chi connectivity index (χ3v) is 6.38. The van der Waals surface area contributed by atoms with Crippen LogP contribution in [0.3, 0.4) is 0 Å². The molecule has 6 heteroatoms. The number of carbonyl (C=O) groups excluding carboxylic acids is 1. The first-order valence-corrected chi connectivity index (χ1v) is 13.2. The van der Waals surface area contributed by atoms with E-state index in [1.54, 1.807) is 67.6 Å². The zero-order chi connectivity index (χ0) is 27.3. The van der Waals surface area contributed by atoms with Gasteiger partial charge in [0.05, 0.1) is 12.7 Å². The number of aliphatic hydroxyl groups excluding tert-OH is 1. The third kappa shape index (κ3) is 9.60. The maximum Gasteiger partial charge on any atom is 0.161 e. The SMILES string of the molecule is CC(O)CCCCCC=CC(=O)CCc1ccc(O)c(OCCc2ccc(O)cc2-c2ccc(O)cc2)c1. The van der Waals surface area contributed by atoms with Gasteiger partial charge in [-0.1, -0.05) is 43.2 Å². The second kappa shape index (κ2) is 14.8. The number of hydrogen-bond donors (Lipinski definition) is 4. The van der Waals surface area contributed by atoms with Gasteiger partial charge in [0.15, 0.2) is 17.3 Å². The molecule has 0 radical (unpaired) electrons. The summed E-state index contributed by atoms with van der Waals surface area (Å²) in [6.45, 7) is 2.11. The van der Waals surface area contributed by atoms with Crippen molar-refractivity contribution in [3.63, 3.8) is 0 Å². The van der Waals surface area contributed by atoms with E-state index < -0.39 is 0 Å². The number of phenols is 3. The van der Waals surface area contributed by atoms with Crippen LogP contribution >= 0.6 is 0 Å². The molecule has 4 N–H and O–H groups in total. The Kier molecular flexibility index (Phi) is 11.2. The molecule has 0 heterocycles. The standard InChI is InChI=1S/C32H38O6/c1-23(33)7-5-3-2-4-6-8-27(34)14-9-24-10-18-31(37)32(21-24)38-20-19-26-13-17-29(36)22-30(26)25-11-15-28(35)16-12-25/h6,8,10-13,15-18,21-23,33,35-37H,2-5,7,9,14,19-20H2,1H3. The molecule has 0 aliphatic carbocycles. The van der Waals surface area contributed by atoms with Crippen molar-refractivity contribution in [1.29, 1.82) is 0 Å². The van der Waals surface area contributed by atoms with Gasteiger partial charge in [-0.15, -0.1) is 0 Å². The molecule has 0 saturated carbocycles. The van der Waals surface area contributed by atoms with Gasteiger partial charge in [0.1, 0.15) is 11.5 Å². The first kappa shape index (κ1) is 28.8. The molecule has 0 saturated heterocycles. The summed E-state index contributed by atoms with van der Waals surface area (Å²) in [5.74, 6) is 0.804. The fourth-order valence-electron chi connectivity index (χ4n) is 4.24. The lowest BCUT2D eigenvalue weighted by Gasteiger charge is -2.13. The third-order valence-electron chi connectivity index (χ3n) is 6.38. The molecule has 3 rings (SSSR count). The minimum absolute atomic E-state index is 0.0417. The Morgan fingerprint density at radius 2 is 1.66 bits per heavy atom. The number of rotatable bonds is 15. The van der Waals surface area contributed by atoms with Crippen LogP contribution in [-0.4, -0.2) is 38.9 Å². The lowest BCUT2D eigenvalue weighted by atomic mass is 9.97. The summed E-state index contributed by atoms with van der Waals surface area (Å²) in [7, 11) is 0. The van der Waals surface area contributed by atoms with Gasteiger partial charge in [0.25, 0.3) is 0 Å². The Hall–Kier alpha value is -3.77. The number of ether oxygens (including phenoxy) is 1. The van der Waals surface area contributed by atoms with Gasteiger partial charge in [0, 0.05) is 12.8 Å². The van der Waals surface area contributed by atoms with E-state index in [1.807, 2.05) is 12.1 Å². The van der Waals surface area contributed by atoms with E-state index in [0.717, 1.165) is 54.4 Å². The highest BCUT2D eigenvalue weighted by atomic mass is 16.5. The number of phenolic OH excluding ortho intramolecular Hbond substituents is 3. The zero-order valence-electron chi connectivity index (χ0n) is 22.0. The van der Waals surface area contributed by atoms with E-state index in [2.05, 4.69) is 0 Å². The van der Waals surface area contributed by atoms with Crippen molar-refractivity contribution in [3.05, 3.63) is 83.9 Å². The van der Waals surface area contributed by atoms with Crippen LogP contribution in [0.4, 0.5) is 0 Å². The van der Waals surface area contributed by atoms with Crippen molar-refractivity contribution in [2.24, 2.45) is 0 Å². The smallest absolute Gasteiger partial charge is 0.161 e. The Morgan fingerprint density at radius 3 is 2.42 bits per heavy atom. The van der Waals surface area contributed by atoms with E-state index in [0.29, 0.717) is 31.6 Å². The van der Waals surface area contributed by atoms with Crippen LogP contribution in [0.15, 0.2) is 72.8 Å². The first-order valence-electron chi connectivity index (χ1n) is 13.2. The monoisotopic (exact) mass is 518 g/mol. The van der Waals surface area contributed by atoms with Gasteiger partial charge < -0.3 is 25.2 Å². The largest absolute Gasteiger partial charge is 0.508 e. The molecule has 3 aromatic rings. The molecule has 1 atom stereocenters. The summed E-state index contributed by atoms with van der Waals surface area (Å²) >= 11 is 0. The number of allylic oxidation sites excluding steroid dienone is 2. The molecule has 0 spiro atoms. The van der Waals surface area contributed by atoms with Crippen LogP contribution in [-0.2, 0) is 17.6 Å². The second-order valence-corrected chi connectivity index (χ2v) is 9.64. The molecule has 0 bridgehead atoms. The van der Waals surface area contributed by atoms with Gasteiger partial charge >= 0.3 is 0 Å². The normalized spacial score (nSPS) is 12.1. The molecule has 6 nitrogen and oxygen atoms in total. The first-order chi connectivity index (χ1) is 18.3. The van der Waals surface area contributed by atoms with E-state index in [1.165, 1.54) is 0 Å². The van der Waals surface area contributed by atoms with Gasteiger partial charge in [0.2, 0.25) is 0 Å². The van der Waals surface area contributed by atoms with Crippen molar-refractivity contribution in [2.45, 2.75) is 64.4 Å². The van der Waals surface area contributed by atoms with Crippen LogP contribution in [0.25, 0.3) is 11.1 Å². The summed E-state index contributed by atoms with van der Waals surface area (Å²) < 4.78 is 5.89. The number of hydrogen-bond acceptors (Lipinski definition) is 6. The second-order valence-electron chi connectivity index (χ2n) is 9.64. The molecule has 0 aromatic heterocycles. The predicted octanol–water partition coefficient (Wildman–Crippen LogP) is 6.48. The van der Waals surface area contributed by atoms with Crippen molar-refractivity contribution < 1.29 is 30.0 Å². The molecule has 0 amide bonds. The van der Waals surface area contributed by atoms with Crippen molar-refractivity contribution in [2.75, 3.05) is 6.61 Å². The molecule has 0 fully saturated rings. The van der Waals surface area contributed by atoms with Crippen molar-refractivity contribution in [1.82, 2.24) is 0 Å². The van der Waals surface area contributed by atoms with Crippen LogP contribution in [0, 0.1) is 0 Å². The Labute approximate surface area is 224 Å². The van der Waals surface area contributed by atoms with Crippen molar-refractivity contribution in [3.8, 4) is 34.1 Å². The molecule has 0 aliphatic heterocycles. The van der Waals surface area contributed by atoms with E-state index in [9.17, 15) is 25.2 Å². The maximum absolute atomic E-state index is 12.2. The molecular formula is C32H38O6. The lowest BCUT2D eigenvalue weighted by Crippen LogP contribution is -2.04. The molecule has 202 valence electrons. The van der Waals surface area contributed by atoms with Crippen LogP contribution in [0.1, 0.15) is 56.6 Å². The summed E-state index contributed by atoms with van der Waals surface area (Å²) in [4.78, 5) is 12.2. The van der Waals surface area contributed by atoms with Gasteiger partial charge in [-0.3, -0.25) is 4.79 Å². The fraction of sp³-hybridized carbons (Fsp3) is 0.344. The Balaban J connectivity index is 1.49. The highest BCUT2D eigenvalue weighted by Crippen LogP contribution is 2.31. The maximum atomic E-state index is 12.2. The number of unbranched alkanes of at least 4 members (excludes halogenated alkanes) is 3. The molecular weight excluding hydrogens is 480 g/mol. The number of aliphatic hydroxyl groups is 1. The Bertz CT molecular complexity index is 1200. The summed E-state index contributed by atoms with van der Waals surface area (Å²) in [5, 5.41) is 39.1. The molecule has 38 heavy (non-hydrogen) atoms. The van der Waals surface area contributed by atoms with Gasteiger partial charge in [-0.05, 0) is 97.3 Å². The highest BCUT2D eigenvalue weighted by molar-refractivity contribution is 5.89. The summed E-state index contributed by atoms with van der Waals surface area (Å²) in [6, 6.07) is 17.1. The number of aryl methyl sites for hydroxylation is 1.